The summed E-state index contributed by atoms with van der Waals surface area (Å²) in [6.07, 6.45) is 1.94. The third kappa shape index (κ3) is 4.07. The normalized spacial score (nSPS) is 15.8. The second kappa shape index (κ2) is 7.78. The molecule has 0 bridgehead atoms. The fraction of sp³-hybridized carbons (Fsp3) is 0.316. The lowest BCUT2D eigenvalue weighted by Crippen LogP contribution is -2.34. The van der Waals surface area contributed by atoms with Crippen molar-refractivity contribution in [3.63, 3.8) is 0 Å². The van der Waals surface area contributed by atoms with E-state index in [2.05, 4.69) is 46.7 Å². The minimum Gasteiger partial charge on any atom is -0.368 e. The molecule has 0 aromatic heterocycles. The number of benzene rings is 2. The second-order valence-corrected chi connectivity index (χ2v) is 6.61. The maximum Gasteiger partial charge on any atom is 0.170 e. The van der Waals surface area contributed by atoms with Crippen LogP contribution in [0.3, 0.4) is 0 Å². The molecule has 6 heteroatoms. The molecule has 1 atom stereocenters. The number of nitrogens with one attached hydrogen (secondary N) is 2. The number of para-hydroxylation sites is 2. The van der Waals surface area contributed by atoms with Gasteiger partial charge in [0.15, 0.2) is 5.11 Å². The predicted octanol–water partition coefficient (Wildman–Crippen LogP) is 4.09. The van der Waals surface area contributed by atoms with E-state index in [1.54, 1.807) is 0 Å². The average Bonchev–Trinajstić information content (AvgIpc) is 2.90. The summed E-state index contributed by atoms with van der Waals surface area (Å²) in [5, 5.41) is 5.82. The van der Waals surface area contributed by atoms with Crippen LogP contribution in [0.1, 0.15) is 18.9 Å². The molecule has 2 aromatic carbocycles. The standard InChI is InChI=1S/C19H21F2N3S/c1-13-12-14-6-2-3-9-17(14)24(13)11-5-10-22-19(25)23-18-15(20)7-4-8-16(18)21/h2-4,6-9,13H,5,10-12H2,1H3,(H2,22,23,25)/t13-/m0/s1. The summed E-state index contributed by atoms with van der Waals surface area (Å²) in [7, 11) is 0. The fourth-order valence-electron chi connectivity index (χ4n) is 3.20. The smallest absolute Gasteiger partial charge is 0.170 e. The molecule has 0 aliphatic carbocycles. The zero-order chi connectivity index (χ0) is 17.8. The Morgan fingerprint density at radius 1 is 1.16 bits per heavy atom. The highest BCUT2D eigenvalue weighted by Gasteiger charge is 2.24. The van der Waals surface area contributed by atoms with Gasteiger partial charge in [-0.15, -0.1) is 0 Å². The first kappa shape index (κ1) is 17.6. The second-order valence-electron chi connectivity index (χ2n) is 6.21. The number of rotatable bonds is 5. The van der Waals surface area contributed by atoms with Crippen LogP contribution in [0, 0.1) is 11.6 Å². The van der Waals surface area contributed by atoms with Gasteiger partial charge in [0.1, 0.15) is 17.3 Å². The minimum absolute atomic E-state index is 0.220. The zero-order valence-electron chi connectivity index (χ0n) is 14.1. The molecule has 0 saturated carbocycles. The summed E-state index contributed by atoms with van der Waals surface area (Å²) in [5.41, 5.74) is 2.46. The molecule has 1 heterocycles. The van der Waals surface area contributed by atoms with Crippen molar-refractivity contribution in [1.29, 1.82) is 0 Å². The van der Waals surface area contributed by atoms with Gasteiger partial charge in [0, 0.05) is 24.8 Å². The van der Waals surface area contributed by atoms with Crippen molar-refractivity contribution >= 4 is 28.7 Å². The molecule has 0 spiro atoms. The van der Waals surface area contributed by atoms with E-state index >= 15 is 0 Å². The van der Waals surface area contributed by atoms with E-state index in [1.165, 1.54) is 29.4 Å². The van der Waals surface area contributed by atoms with E-state index in [4.69, 9.17) is 12.2 Å². The van der Waals surface area contributed by atoms with E-state index in [0.29, 0.717) is 12.6 Å². The van der Waals surface area contributed by atoms with Crippen LogP contribution >= 0.6 is 12.2 Å². The number of fused-ring (bicyclic) bond motifs is 1. The average molecular weight is 361 g/mol. The first-order chi connectivity index (χ1) is 12.1. The van der Waals surface area contributed by atoms with Crippen LogP contribution in [0.4, 0.5) is 20.2 Å². The number of hydrogen-bond donors (Lipinski definition) is 2. The molecule has 0 amide bonds. The van der Waals surface area contributed by atoms with Gasteiger partial charge in [0.2, 0.25) is 0 Å². The number of halogens is 2. The Bertz CT molecular complexity index is 746. The summed E-state index contributed by atoms with van der Waals surface area (Å²) in [5.74, 6) is -1.32. The monoisotopic (exact) mass is 361 g/mol. The number of nitrogens with zero attached hydrogens (tertiary/aromatic N) is 1. The van der Waals surface area contributed by atoms with Crippen LogP contribution in [0.15, 0.2) is 42.5 Å². The quantitative estimate of drug-likeness (QED) is 0.620. The highest BCUT2D eigenvalue weighted by Crippen LogP contribution is 2.31. The molecule has 132 valence electrons. The molecule has 0 saturated heterocycles. The molecular formula is C19H21F2N3S. The van der Waals surface area contributed by atoms with Crippen LogP contribution < -0.4 is 15.5 Å². The predicted molar refractivity (Wildman–Crippen MR) is 102 cm³/mol. The molecule has 3 nitrogen and oxygen atoms in total. The number of hydrogen-bond acceptors (Lipinski definition) is 2. The molecule has 1 aliphatic rings. The van der Waals surface area contributed by atoms with Gasteiger partial charge >= 0.3 is 0 Å². The Balaban J connectivity index is 1.47. The van der Waals surface area contributed by atoms with Crippen LogP contribution in [0.25, 0.3) is 0 Å². The van der Waals surface area contributed by atoms with Gasteiger partial charge in [-0.05, 0) is 55.7 Å². The zero-order valence-corrected chi connectivity index (χ0v) is 14.9. The summed E-state index contributed by atoms with van der Waals surface area (Å²) in [4.78, 5) is 2.39. The van der Waals surface area contributed by atoms with Gasteiger partial charge in [-0.1, -0.05) is 24.3 Å². The number of anilines is 2. The summed E-state index contributed by atoms with van der Waals surface area (Å²) in [6.45, 7) is 3.76. The molecule has 0 radical (unpaired) electrons. The molecule has 3 rings (SSSR count). The Hall–Kier alpha value is -2.21. The van der Waals surface area contributed by atoms with Gasteiger partial charge in [0.05, 0.1) is 0 Å². The van der Waals surface area contributed by atoms with Crippen molar-refractivity contribution in [2.45, 2.75) is 25.8 Å². The minimum atomic E-state index is -0.661. The molecule has 1 aliphatic heterocycles. The van der Waals surface area contributed by atoms with Gasteiger partial charge in [-0.3, -0.25) is 0 Å². The molecule has 2 aromatic rings. The van der Waals surface area contributed by atoms with Crippen molar-refractivity contribution in [1.82, 2.24) is 5.32 Å². The lowest BCUT2D eigenvalue weighted by atomic mass is 10.1. The Morgan fingerprint density at radius 3 is 2.64 bits per heavy atom. The van der Waals surface area contributed by atoms with Crippen molar-refractivity contribution in [2.75, 3.05) is 23.3 Å². The Morgan fingerprint density at radius 2 is 1.88 bits per heavy atom. The van der Waals surface area contributed by atoms with Gasteiger partial charge in [0.25, 0.3) is 0 Å². The lowest BCUT2D eigenvalue weighted by molar-refractivity contribution is 0.591. The molecule has 2 N–H and O–H groups in total. The highest BCUT2D eigenvalue weighted by atomic mass is 32.1. The van der Waals surface area contributed by atoms with Gasteiger partial charge < -0.3 is 15.5 Å². The maximum atomic E-state index is 13.6. The molecule has 0 fully saturated rings. The van der Waals surface area contributed by atoms with E-state index in [1.807, 2.05) is 0 Å². The third-order valence-corrected chi connectivity index (χ3v) is 4.66. The topological polar surface area (TPSA) is 27.3 Å². The van der Waals surface area contributed by atoms with Crippen LogP contribution in [-0.2, 0) is 6.42 Å². The Labute approximate surface area is 152 Å². The van der Waals surface area contributed by atoms with Crippen LogP contribution in [-0.4, -0.2) is 24.2 Å². The van der Waals surface area contributed by atoms with E-state index < -0.39 is 11.6 Å². The largest absolute Gasteiger partial charge is 0.368 e. The van der Waals surface area contributed by atoms with Gasteiger partial charge in [-0.2, -0.15) is 0 Å². The SMILES string of the molecule is C[C@H]1Cc2ccccc2N1CCCNC(=S)Nc1c(F)cccc1F. The van der Waals surface area contributed by atoms with Crippen molar-refractivity contribution in [3.8, 4) is 0 Å². The molecule has 25 heavy (non-hydrogen) atoms. The maximum absolute atomic E-state index is 13.6. The lowest BCUT2D eigenvalue weighted by Gasteiger charge is -2.25. The van der Waals surface area contributed by atoms with E-state index in [0.717, 1.165) is 19.4 Å². The van der Waals surface area contributed by atoms with Crippen molar-refractivity contribution in [2.24, 2.45) is 0 Å². The Kier molecular flexibility index (Phi) is 5.48. The number of thiocarbonyl (C=S) groups is 1. The highest BCUT2D eigenvalue weighted by molar-refractivity contribution is 7.80. The molecule has 0 unspecified atom stereocenters. The first-order valence-corrected chi connectivity index (χ1v) is 8.80. The van der Waals surface area contributed by atoms with Crippen molar-refractivity contribution < 1.29 is 8.78 Å². The van der Waals surface area contributed by atoms with Crippen molar-refractivity contribution in [3.05, 3.63) is 59.7 Å². The first-order valence-electron chi connectivity index (χ1n) is 8.39. The summed E-state index contributed by atoms with van der Waals surface area (Å²) < 4.78 is 27.2. The fourth-order valence-corrected chi connectivity index (χ4v) is 3.40. The third-order valence-electron chi connectivity index (χ3n) is 4.41. The van der Waals surface area contributed by atoms with E-state index in [-0.39, 0.29) is 10.8 Å². The van der Waals surface area contributed by atoms with Crippen LogP contribution in [0.2, 0.25) is 0 Å². The van der Waals surface area contributed by atoms with Crippen LogP contribution in [0.5, 0.6) is 0 Å². The summed E-state index contributed by atoms with van der Waals surface area (Å²) in [6, 6.07) is 12.6. The van der Waals surface area contributed by atoms with E-state index in [9.17, 15) is 8.78 Å². The summed E-state index contributed by atoms with van der Waals surface area (Å²) >= 11 is 5.12. The molecular weight excluding hydrogens is 340 g/mol. The van der Waals surface area contributed by atoms with Gasteiger partial charge in [-0.25, -0.2) is 8.78 Å².